The Bertz CT molecular complexity index is 814. The molecule has 1 nitrogen and oxygen atoms in total. The maximum atomic E-state index is 3.87. The van der Waals surface area contributed by atoms with E-state index < -0.39 is 3.93 Å². The van der Waals surface area contributed by atoms with Gasteiger partial charge < -0.3 is 4.48 Å². The molecule has 0 spiro atoms. The lowest BCUT2D eigenvalue weighted by Gasteiger charge is -2.17. The van der Waals surface area contributed by atoms with Crippen LogP contribution in [0, 0.1) is 0 Å². The van der Waals surface area contributed by atoms with Crippen LogP contribution in [0.3, 0.4) is 0 Å². The van der Waals surface area contributed by atoms with Crippen molar-refractivity contribution in [2.45, 2.75) is 0 Å². The zero-order valence-electron chi connectivity index (χ0n) is 10.1. The van der Waals surface area contributed by atoms with E-state index in [-0.39, 0.29) is 0 Å². The van der Waals surface area contributed by atoms with E-state index in [4.69, 9.17) is 0 Å². The zero-order valence-corrected chi connectivity index (χ0v) is 13.2. The van der Waals surface area contributed by atoms with Gasteiger partial charge in [-0.25, -0.2) is 31.5 Å². The molecule has 0 amide bonds. The van der Waals surface area contributed by atoms with E-state index in [1.807, 2.05) is 0 Å². The monoisotopic (exact) mass is 373 g/mol. The van der Waals surface area contributed by atoms with E-state index in [0.717, 1.165) is 0 Å². The molecule has 92 valence electrons. The third-order valence-corrected chi connectivity index (χ3v) is 5.68. The summed E-state index contributed by atoms with van der Waals surface area (Å²) in [5.41, 5.74) is 3.86. The van der Waals surface area contributed by atoms with Crippen LogP contribution >= 0.6 is 31.5 Å². The van der Waals surface area contributed by atoms with Crippen LogP contribution in [0.5, 0.6) is 0 Å². The highest BCUT2D eigenvalue weighted by Gasteiger charge is 2.42. The Balaban J connectivity index is 2.15. The zero-order chi connectivity index (χ0) is 13.0. The minimum Gasteiger partial charge on any atom is -0.397 e. The Morgan fingerprint density at radius 3 is 2.32 bits per heavy atom. The van der Waals surface area contributed by atoms with Crippen molar-refractivity contribution in [3.63, 3.8) is 0 Å². The molecule has 0 bridgehead atoms. The number of aromatic nitrogens is 1. The number of rotatable bonds is 0. The molecule has 4 rings (SSSR count). The highest BCUT2D eigenvalue weighted by Crippen LogP contribution is 2.32. The van der Waals surface area contributed by atoms with Crippen molar-refractivity contribution in [3.05, 3.63) is 60.8 Å². The lowest BCUT2D eigenvalue weighted by molar-refractivity contribution is -0.517. The molecule has 2 aromatic carbocycles. The van der Waals surface area contributed by atoms with Gasteiger partial charge in [0.2, 0.25) is 0 Å². The molecule has 0 saturated heterocycles. The number of hydrogen-bond donors (Lipinski definition) is 0. The molecule has 1 aliphatic rings. The van der Waals surface area contributed by atoms with Crippen molar-refractivity contribution in [1.82, 2.24) is 0 Å². The molecule has 0 saturated carbocycles. The summed E-state index contributed by atoms with van der Waals surface area (Å²) in [4.78, 5) is 0. The normalized spacial score (nSPS) is 15.3. The van der Waals surface area contributed by atoms with Gasteiger partial charge in [-0.1, -0.05) is 41.9 Å². The molecule has 0 fully saturated rings. The molecule has 0 atom stereocenters. The summed E-state index contributed by atoms with van der Waals surface area (Å²) in [6.45, 7) is 0. The molecular weight excluding hydrogens is 365 g/mol. The first-order valence-corrected chi connectivity index (χ1v) is 8.07. The average molecular weight is 375 g/mol. The lowest BCUT2D eigenvalue weighted by atomic mass is 9.80. The number of fused-ring (bicyclic) bond motifs is 4. The second kappa shape index (κ2) is 3.93. The number of pyridine rings is 1. The van der Waals surface area contributed by atoms with E-state index in [9.17, 15) is 0 Å². The van der Waals surface area contributed by atoms with Crippen molar-refractivity contribution in [2.24, 2.45) is 0 Å². The summed E-state index contributed by atoms with van der Waals surface area (Å²) in [6, 6.07) is 19.4. The van der Waals surface area contributed by atoms with Crippen LogP contribution in [-0.2, 0) is 0 Å². The van der Waals surface area contributed by atoms with Crippen LogP contribution in [0.2, 0.25) is 0 Å². The van der Waals surface area contributed by atoms with Crippen molar-refractivity contribution >= 4 is 51.7 Å². The summed E-state index contributed by atoms with van der Waals surface area (Å²) < 4.78 is 1.19. The molecule has 0 unspecified atom stereocenters. The van der Waals surface area contributed by atoms with Crippen LogP contribution in [-0.4, -0.2) is 3.93 Å². The SMILES string of the molecule is Br[B-]1(Br)c2cc3ccccc3cc2-c2cccc[n+]21. The van der Waals surface area contributed by atoms with Gasteiger partial charge in [-0.3, -0.25) is 0 Å². The highest BCUT2D eigenvalue weighted by atomic mass is 79.9. The Kier molecular flexibility index (Phi) is 2.42. The molecule has 2 heterocycles. The molecular formula is C15H10BBr2N. The van der Waals surface area contributed by atoms with Gasteiger partial charge in [-0.2, -0.15) is 0 Å². The van der Waals surface area contributed by atoms with Gasteiger partial charge in [0.1, 0.15) is 6.20 Å². The van der Waals surface area contributed by atoms with E-state index in [1.54, 1.807) is 0 Å². The van der Waals surface area contributed by atoms with Crippen LogP contribution in [0.4, 0.5) is 0 Å². The lowest BCUT2D eigenvalue weighted by Crippen LogP contribution is -2.59. The van der Waals surface area contributed by atoms with Crippen LogP contribution in [0.1, 0.15) is 0 Å². The highest BCUT2D eigenvalue weighted by molar-refractivity contribution is 9.51. The fourth-order valence-corrected chi connectivity index (χ4v) is 4.36. The van der Waals surface area contributed by atoms with E-state index in [2.05, 4.69) is 96.8 Å². The first-order chi connectivity index (χ1) is 9.18. The summed E-state index contributed by atoms with van der Waals surface area (Å²) >= 11 is 7.74. The van der Waals surface area contributed by atoms with E-state index >= 15 is 0 Å². The fraction of sp³-hybridized carbons (Fsp3) is 0. The van der Waals surface area contributed by atoms with Crippen LogP contribution < -0.4 is 9.94 Å². The Morgan fingerprint density at radius 1 is 0.842 bits per heavy atom. The molecule has 19 heavy (non-hydrogen) atoms. The second-order valence-corrected chi connectivity index (χ2v) is 8.78. The average Bonchev–Trinajstić information content (AvgIpc) is 2.66. The van der Waals surface area contributed by atoms with Crippen molar-refractivity contribution in [2.75, 3.05) is 0 Å². The first-order valence-electron chi connectivity index (χ1n) is 6.24. The first kappa shape index (κ1) is 11.7. The minimum atomic E-state index is -1.07. The van der Waals surface area contributed by atoms with E-state index in [1.165, 1.54) is 27.5 Å². The third kappa shape index (κ3) is 1.56. The molecule has 0 aliphatic carbocycles. The van der Waals surface area contributed by atoms with Gasteiger partial charge in [-0.15, -0.1) is 0 Å². The second-order valence-electron chi connectivity index (χ2n) is 4.90. The van der Waals surface area contributed by atoms with Gasteiger partial charge in [0.25, 0.3) is 0 Å². The van der Waals surface area contributed by atoms with Gasteiger partial charge in [0.15, 0.2) is 5.69 Å². The molecule has 1 aromatic heterocycles. The third-order valence-electron chi connectivity index (χ3n) is 3.81. The molecule has 0 N–H and O–H groups in total. The largest absolute Gasteiger partial charge is 0.427 e. The predicted octanol–water partition coefficient (Wildman–Crippen LogP) is 3.59. The Labute approximate surface area is 128 Å². The van der Waals surface area contributed by atoms with Gasteiger partial charge in [-0.05, 0) is 22.9 Å². The summed E-state index contributed by atoms with van der Waals surface area (Å²) in [6.07, 6.45) is 2.11. The molecule has 4 heteroatoms. The fourth-order valence-electron chi connectivity index (χ4n) is 2.88. The van der Waals surface area contributed by atoms with E-state index in [0.29, 0.717) is 0 Å². The van der Waals surface area contributed by atoms with Gasteiger partial charge >= 0.3 is 3.93 Å². The molecule has 0 radical (unpaired) electrons. The number of halogens is 2. The topological polar surface area (TPSA) is 3.88 Å². The van der Waals surface area contributed by atoms with Crippen molar-refractivity contribution in [1.29, 1.82) is 0 Å². The van der Waals surface area contributed by atoms with Crippen LogP contribution in [0.25, 0.3) is 22.0 Å². The maximum Gasteiger partial charge on any atom is 0.427 e. The Hall–Kier alpha value is -1.13. The number of benzene rings is 2. The Morgan fingerprint density at radius 2 is 1.53 bits per heavy atom. The van der Waals surface area contributed by atoms with Crippen molar-refractivity contribution in [3.8, 4) is 11.3 Å². The standard InChI is InChI=1S/C15H10BBr2N/c17-16(18)14-10-12-6-2-1-5-11(12)9-13(14)15-7-3-4-8-19(15)16/h1-10H. The summed E-state index contributed by atoms with van der Waals surface area (Å²) in [5, 5.41) is 2.56. The number of nitrogens with zero attached hydrogens (tertiary/aromatic N) is 1. The smallest absolute Gasteiger partial charge is 0.397 e. The number of hydrogen-bond acceptors (Lipinski definition) is 0. The van der Waals surface area contributed by atoms with Gasteiger partial charge in [0.05, 0.1) is 0 Å². The van der Waals surface area contributed by atoms with Crippen molar-refractivity contribution < 1.29 is 4.48 Å². The maximum absolute atomic E-state index is 3.87. The molecule has 3 aromatic rings. The summed E-state index contributed by atoms with van der Waals surface area (Å²) in [7, 11) is 0. The quantitative estimate of drug-likeness (QED) is 0.529. The van der Waals surface area contributed by atoms with Gasteiger partial charge in [0, 0.05) is 11.6 Å². The summed E-state index contributed by atoms with van der Waals surface area (Å²) in [5.74, 6) is 0. The van der Waals surface area contributed by atoms with Crippen LogP contribution in [0.15, 0.2) is 60.8 Å². The predicted molar refractivity (Wildman–Crippen MR) is 88.2 cm³/mol. The molecule has 1 aliphatic heterocycles. The minimum absolute atomic E-state index is 1.07.